The summed E-state index contributed by atoms with van der Waals surface area (Å²) in [5.41, 5.74) is 1.78. The van der Waals surface area contributed by atoms with Gasteiger partial charge in [0.25, 0.3) is 0 Å². The lowest BCUT2D eigenvalue weighted by molar-refractivity contribution is -0.141. The van der Waals surface area contributed by atoms with Crippen LogP contribution in [0.3, 0.4) is 0 Å². The second-order valence-corrected chi connectivity index (χ2v) is 6.13. The standard InChI is InChI=1S/C17H21NO4/c19-16(6-5-12-7-8-22-11-12)18-9-13-3-1-2-4-14(13)15(10-18)17(20)21/h1-4,12,15H,5-11H2,(H,20,21). The molecule has 1 N–H and O–H groups in total. The van der Waals surface area contributed by atoms with Gasteiger partial charge in [-0.05, 0) is 29.9 Å². The Hall–Kier alpha value is -1.88. The maximum atomic E-state index is 12.4. The van der Waals surface area contributed by atoms with E-state index < -0.39 is 11.9 Å². The van der Waals surface area contributed by atoms with Crippen molar-refractivity contribution < 1.29 is 19.4 Å². The zero-order valence-corrected chi connectivity index (χ0v) is 12.5. The number of fused-ring (bicyclic) bond motifs is 1. The largest absolute Gasteiger partial charge is 0.481 e. The number of carboxylic acid groups (broad SMARTS) is 1. The molecule has 2 heterocycles. The highest BCUT2D eigenvalue weighted by Crippen LogP contribution is 2.29. The smallest absolute Gasteiger partial charge is 0.312 e. The average Bonchev–Trinajstić information content (AvgIpc) is 3.04. The first-order chi connectivity index (χ1) is 10.6. The molecule has 5 heteroatoms. The van der Waals surface area contributed by atoms with E-state index in [0.29, 0.717) is 18.9 Å². The molecule has 0 saturated carbocycles. The summed E-state index contributed by atoms with van der Waals surface area (Å²) in [5, 5.41) is 9.43. The van der Waals surface area contributed by atoms with Crippen molar-refractivity contribution in [1.29, 1.82) is 0 Å². The number of benzene rings is 1. The van der Waals surface area contributed by atoms with Crippen LogP contribution in [0.4, 0.5) is 0 Å². The minimum Gasteiger partial charge on any atom is -0.481 e. The van der Waals surface area contributed by atoms with Gasteiger partial charge in [-0.2, -0.15) is 0 Å². The van der Waals surface area contributed by atoms with Crippen LogP contribution in [0.1, 0.15) is 36.3 Å². The predicted octanol–water partition coefficient (Wildman–Crippen LogP) is 2.01. The summed E-state index contributed by atoms with van der Waals surface area (Å²) >= 11 is 0. The summed E-state index contributed by atoms with van der Waals surface area (Å²) in [5.74, 6) is -0.971. The van der Waals surface area contributed by atoms with E-state index in [1.54, 1.807) is 4.90 Å². The van der Waals surface area contributed by atoms with Gasteiger partial charge in [-0.3, -0.25) is 9.59 Å². The molecule has 0 aromatic heterocycles. The van der Waals surface area contributed by atoms with E-state index in [1.165, 1.54) is 0 Å². The van der Waals surface area contributed by atoms with Gasteiger partial charge in [0.2, 0.25) is 5.91 Å². The minimum absolute atomic E-state index is 0.0488. The van der Waals surface area contributed by atoms with Crippen LogP contribution in [0.15, 0.2) is 24.3 Å². The van der Waals surface area contributed by atoms with Gasteiger partial charge in [0, 0.05) is 32.7 Å². The van der Waals surface area contributed by atoms with E-state index in [0.717, 1.165) is 37.2 Å². The summed E-state index contributed by atoms with van der Waals surface area (Å²) in [7, 11) is 0. The number of ether oxygens (including phenoxy) is 1. The number of carbonyl (C=O) groups is 2. The topological polar surface area (TPSA) is 66.8 Å². The molecular formula is C17H21NO4. The molecule has 5 nitrogen and oxygen atoms in total. The van der Waals surface area contributed by atoms with Gasteiger partial charge in [-0.15, -0.1) is 0 Å². The Balaban J connectivity index is 1.67. The van der Waals surface area contributed by atoms with Crippen LogP contribution in [-0.4, -0.2) is 41.6 Å². The Bertz CT molecular complexity index is 566. The second kappa shape index (κ2) is 6.48. The quantitative estimate of drug-likeness (QED) is 0.924. The van der Waals surface area contributed by atoms with Gasteiger partial charge >= 0.3 is 5.97 Å². The fraction of sp³-hybridized carbons (Fsp3) is 0.529. The lowest BCUT2D eigenvalue weighted by atomic mass is 9.89. The van der Waals surface area contributed by atoms with Gasteiger partial charge in [-0.1, -0.05) is 24.3 Å². The van der Waals surface area contributed by atoms with Crippen molar-refractivity contribution in [3.8, 4) is 0 Å². The van der Waals surface area contributed by atoms with E-state index in [-0.39, 0.29) is 12.5 Å². The molecule has 1 saturated heterocycles. The van der Waals surface area contributed by atoms with Crippen molar-refractivity contribution in [3.05, 3.63) is 35.4 Å². The molecule has 3 rings (SSSR count). The van der Waals surface area contributed by atoms with Crippen LogP contribution in [-0.2, 0) is 20.9 Å². The fourth-order valence-corrected chi connectivity index (χ4v) is 3.30. The second-order valence-electron chi connectivity index (χ2n) is 6.13. The SMILES string of the molecule is O=C(O)C1CN(C(=O)CCC2CCOC2)Cc2ccccc21. The highest BCUT2D eigenvalue weighted by atomic mass is 16.5. The van der Waals surface area contributed by atoms with E-state index in [4.69, 9.17) is 4.74 Å². The third-order valence-electron chi connectivity index (χ3n) is 4.64. The van der Waals surface area contributed by atoms with Crippen LogP contribution >= 0.6 is 0 Å². The van der Waals surface area contributed by atoms with E-state index in [2.05, 4.69) is 0 Å². The van der Waals surface area contributed by atoms with Crippen molar-refractivity contribution in [2.75, 3.05) is 19.8 Å². The maximum Gasteiger partial charge on any atom is 0.312 e. The number of hydrogen-bond acceptors (Lipinski definition) is 3. The Morgan fingerprint density at radius 2 is 2.14 bits per heavy atom. The lowest BCUT2D eigenvalue weighted by Gasteiger charge is -2.33. The normalized spacial score (nSPS) is 24.1. The van der Waals surface area contributed by atoms with Crippen LogP contribution in [0.25, 0.3) is 0 Å². The molecule has 0 bridgehead atoms. The summed E-state index contributed by atoms with van der Waals surface area (Å²) in [6.45, 7) is 2.32. The molecule has 0 aliphatic carbocycles. The van der Waals surface area contributed by atoms with Crippen LogP contribution in [0, 0.1) is 5.92 Å². The highest BCUT2D eigenvalue weighted by Gasteiger charge is 2.32. The number of aliphatic carboxylic acids is 1. The molecule has 0 spiro atoms. The van der Waals surface area contributed by atoms with Crippen molar-refractivity contribution >= 4 is 11.9 Å². The number of nitrogens with zero attached hydrogens (tertiary/aromatic N) is 1. The van der Waals surface area contributed by atoms with Gasteiger partial charge in [0.05, 0.1) is 5.92 Å². The average molecular weight is 303 g/mol. The van der Waals surface area contributed by atoms with Gasteiger partial charge in [0.15, 0.2) is 0 Å². The Morgan fingerprint density at radius 1 is 1.32 bits per heavy atom. The molecule has 2 aliphatic heterocycles. The third kappa shape index (κ3) is 3.14. The van der Waals surface area contributed by atoms with E-state index in [9.17, 15) is 14.7 Å². The molecule has 1 fully saturated rings. The predicted molar refractivity (Wildman–Crippen MR) is 80.4 cm³/mol. The maximum absolute atomic E-state index is 12.4. The molecule has 22 heavy (non-hydrogen) atoms. The molecule has 1 aromatic carbocycles. The number of hydrogen-bond donors (Lipinski definition) is 1. The first-order valence-corrected chi connectivity index (χ1v) is 7.81. The molecule has 2 unspecified atom stereocenters. The number of carboxylic acids is 1. The molecule has 0 radical (unpaired) electrons. The first kappa shape index (κ1) is 15.0. The van der Waals surface area contributed by atoms with Crippen molar-refractivity contribution in [3.63, 3.8) is 0 Å². The zero-order valence-electron chi connectivity index (χ0n) is 12.5. The Morgan fingerprint density at radius 3 is 2.86 bits per heavy atom. The molecule has 1 aromatic rings. The highest BCUT2D eigenvalue weighted by molar-refractivity contribution is 5.81. The van der Waals surface area contributed by atoms with Gasteiger partial charge in [0.1, 0.15) is 0 Å². The molecule has 1 amide bonds. The van der Waals surface area contributed by atoms with E-state index in [1.807, 2.05) is 24.3 Å². The molecular weight excluding hydrogens is 282 g/mol. The van der Waals surface area contributed by atoms with Crippen molar-refractivity contribution in [1.82, 2.24) is 4.90 Å². The first-order valence-electron chi connectivity index (χ1n) is 7.81. The summed E-state index contributed by atoms with van der Waals surface area (Å²) in [6, 6.07) is 7.51. The van der Waals surface area contributed by atoms with E-state index >= 15 is 0 Å². The third-order valence-corrected chi connectivity index (χ3v) is 4.64. The van der Waals surface area contributed by atoms with Crippen LogP contribution in [0.5, 0.6) is 0 Å². The Kier molecular flexibility index (Phi) is 4.43. The minimum atomic E-state index is -0.867. The lowest BCUT2D eigenvalue weighted by Crippen LogP contribution is -2.40. The van der Waals surface area contributed by atoms with Gasteiger partial charge in [-0.25, -0.2) is 0 Å². The van der Waals surface area contributed by atoms with Crippen LogP contribution in [0.2, 0.25) is 0 Å². The number of carbonyl (C=O) groups excluding carboxylic acids is 1. The zero-order chi connectivity index (χ0) is 15.5. The van der Waals surface area contributed by atoms with Gasteiger partial charge < -0.3 is 14.7 Å². The number of amides is 1. The molecule has 2 aliphatic rings. The number of rotatable bonds is 4. The summed E-state index contributed by atoms with van der Waals surface area (Å²) in [6.07, 6.45) is 2.32. The monoisotopic (exact) mass is 303 g/mol. The summed E-state index contributed by atoms with van der Waals surface area (Å²) < 4.78 is 5.33. The Labute approximate surface area is 129 Å². The van der Waals surface area contributed by atoms with Crippen molar-refractivity contribution in [2.45, 2.75) is 31.7 Å². The molecule has 118 valence electrons. The fourth-order valence-electron chi connectivity index (χ4n) is 3.30. The van der Waals surface area contributed by atoms with Crippen LogP contribution < -0.4 is 0 Å². The van der Waals surface area contributed by atoms with Crippen molar-refractivity contribution in [2.24, 2.45) is 5.92 Å². The summed E-state index contributed by atoms with van der Waals surface area (Å²) in [4.78, 5) is 25.6. The molecule has 2 atom stereocenters.